The lowest BCUT2D eigenvalue weighted by Gasteiger charge is -2.19. The minimum atomic E-state index is -2.86. The van der Waals surface area contributed by atoms with Crippen LogP contribution < -0.4 is 10.5 Å². The van der Waals surface area contributed by atoms with Gasteiger partial charge >= 0.3 is 6.61 Å². The molecule has 0 fully saturated rings. The molecule has 0 aliphatic rings. The molecule has 3 N–H and O–H groups in total. The monoisotopic (exact) mass is 295 g/mol. The molecule has 6 heteroatoms. The van der Waals surface area contributed by atoms with E-state index in [1.165, 1.54) is 12.1 Å². The second-order valence-electron chi connectivity index (χ2n) is 4.19. The number of hydrogen-bond donors (Lipinski definition) is 2. The molecule has 0 saturated carbocycles. The van der Waals surface area contributed by atoms with Gasteiger partial charge in [0.05, 0.1) is 12.1 Å². The minimum absolute atomic E-state index is 0. The van der Waals surface area contributed by atoms with E-state index in [1.807, 2.05) is 6.92 Å². The van der Waals surface area contributed by atoms with E-state index in [0.29, 0.717) is 12.0 Å². The first-order valence-electron chi connectivity index (χ1n) is 6.03. The van der Waals surface area contributed by atoms with Gasteiger partial charge in [-0.25, -0.2) is 0 Å². The van der Waals surface area contributed by atoms with Crippen LogP contribution in [0.15, 0.2) is 24.3 Å². The molecule has 0 amide bonds. The fourth-order valence-corrected chi connectivity index (χ4v) is 1.71. The van der Waals surface area contributed by atoms with Crippen molar-refractivity contribution in [2.45, 2.75) is 44.9 Å². The Morgan fingerprint density at radius 3 is 2.63 bits per heavy atom. The number of halogens is 3. The zero-order valence-corrected chi connectivity index (χ0v) is 11.6. The molecule has 0 aliphatic carbocycles. The highest BCUT2D eigenvalue weighted by Gasteiger charge is 2.17. The summed E-state index contributed by atoms with van der Waals surface area (Å²) in [6.45, 7) is -0.837. The van der Waals surface area contributed by atoms with E-state index in [2.05, 4.69) is 4.74 Å². The summed E-state index contributed by atoms with van der Waals surface area (Å²) in [5.74, 6) is 0.0561. The number of aliphatic hydroxyl groups excluding tert-OH is 1. The van der Waals surface area contributed by atoms with Crippen molar-refractivity contribution >= 4 is 12.4 Å². The summed E-state index contributed by atoms with van der Waals surface area (Å²) in [4.78, 5) is 0. The molecule has 0 heterocycles. The van der Waals surface area contributed by atoms with E-state index in [4.69, 9.17) is 5.73 Å². The van der Waals surface area contributed by atoms with Gasteiger partial charge in [0.15, 0.2) is 0 Å². The fraction of sp³-hybridized carbons (Fsp3) is 0.538. The molecule has 0 radical (unpaired) electrons. The molecule has 0 aromatic heterocycles. The number of alkyl halides is 2. The molecule has 2 atom stereocenters. The topological polar surface area (TPSA) is 55.5 Å². The third-order valence-corrected chi connectivity index (χ3v) is 2.74. The number of rotatable bonds is 7. The second kappa shape index (κ2) is 9.07. The van der Waals surface area contributed by atoms with Crippen LogP contribution in [0.2, 0.25) is 0 Å². The lowest BCUT2D eigenvalue weighted by molar-refractivity contribution is -0.0499. The summed E-state index contributed by atoms with van der Waals surface area (Å²) >= 11 is 0. The zero-order chi connectivity index (χ0) is 13.5. The van der Waals surface area contributed by atoms with E-state index >= 15 is 0 Å². The predicted molar refractivity (Wildman–Crippen MR) is 72.8 cm³/mol. The van der Waals surface area contributed by atoms with Crippen molar-refractivity contribution < 1.29 is 18.6 Å². The SMILES string of the molecule is CCCC[C@@H](O)[C@@H](N)c1cccc(OC(F)F)c1.Cl. The summed E-state index contributed by atoms with van der Waals surface area (Å²) in [6, 6.07) is 5.56. The van der Waals surface area contributed by atoms with Crippen LogP contribution in [0.4, 0.5) is 8.78 Å². The van der Waals surface area contributed by atoms with Crippen molar-refractivity contribution in [1.29, 1.82) is 0 Å². The highest BCUT2D eigenvalue weighted by Crippen LogP contribution is 2.23. The van der Waals surface area contributed by atoms with Crippen LogP contribution in [0.3, 0.4) is 0 Å². The Labute approximate surface area is 118 Å². The Kier molecular flexibility index (Phi) is 8.63. The van der Waals surface area contributed by atoms with Crippen LogP contribution in [0, 0.1) is 0 Å². The molecule has 0 spiro atoms. The molecular weight excluding hydrogens is 276 g/mol. The molecule has 0 aliphatic heterocycles. The quantitative estimate of drug-likeness (QED) is 0.812. The number of aliphatic hydroxyl groups is 1. The third kappa shape index (κ3) is 6.18. The molecule has 0 bridgehead atoms. The van der Waals surface area contributed by atoms with Crippen LogP contribution >= 0.6 is 12.4 Å². The van der Waals surface area contributed by atoms with Crippen molar-refractivity contribution in [1.82, 2.24) is 0 Å². The molecule has 1 aromatic carbocycles. The smallest absolute Gasteiger partial charge is 0.387 e. The van der Waals surface area contributed by atoms with Gasteiger partial charge in [0.2, 0.25) is 0 Å². The van der Waals surface area contributed by atoms with Gasteiger partial charge in [-0.15, -0.1) is 12.4 Å². The fourth-order valence-electron chi connectivity index (χ4n) is 1.71. The average molecular weight is 296 g/mol. The molecule has 19 heavy (non-hydrogen) atoms. The number of ether oxygens (including phenoxy) is 1. The van der Waals surface area contributed by atoms with Crippen molar-refractivity contribution in [2.24, 2.45) is 5.73 Å². The van der Waals surface area contributed by atoms with Gasteiger partial charge in [0.1, 0.15) is 5.75 Å². The molecule has 0 unspecified atom stereocenters. The molecular formula is C13H20ClF2NO2. The van der Waals surface area contributed by atoms with Crippen molar-refractivity contribution in [3.8, 4) is 5.75 Å². The van der Waals surface area contributed by atoms with Crippen LogP contribution in [0.1, 0.15) is 37.8 Å². The molecule has 1 rings (SSSR count). The van der Waals surface area contributed by atoms with E-state index in [-0.39, 0.29) is 18.2 Å². The Bertz CT molecular complexity index is 366. The first kappa shape index (κ1) is 18.1. The van der Waals surface area contributed by atoms with Crippen LogP contribution in [-0.4, -0.2) is 17.8 Å². The normalized spacial score (nSPS) is 13.8. The Hall–Kier alpha value is -0.910. The standard InChI is InChI=1S/C13H19F2NO2.ClH/c1-2-3-7-11(17)12(16)9-5-4-6-10(8-9)18-13(14)15;/h4-6,8,11-13,17H,2-3,7,16H2,1H3;1H/t11-,12+;/m1./s1. The molecule has 110 valence electrons. The van der Waals surface area contributed by atoms with Gasteiger partial charge in [-0.3, -0.25) is 0 Å². The number of benzene rings is 1. The van der Waals surface area contributed by atoms with Crippen LogP contribution in [0.5, 0.6) is 5.75 Å². The van der Waals surface area contributed by atoms with Crippen LogP contribution in [-0.2, 0) is 0 Å². The number of hydrogen-bond acceptors (Lipinski definition) is 3. The third-order valence-electron chi connectivity index (χ3n) is 2.74. The highest BCUT2D eigenvalue weighted by atomic mass is 35.5. The maximum atomic E-state index is 12.1. The average Bonchev–Trinajstić information content (AvgIpc) is 2.34. The Balaban J connectivity index is 0.00000324. The number of nitrogens with two attached hydrogens (primary N) is 1. The maximum absolute atomic E-state index is 12.1. The van der Waals surface area contributed by atoms with Crippen LogP contribution in [0.25, 0.3) is 0 Å². The van der Waals surface area contributed by atoms with Gasteiger partial charge in [-0.1, -0.05) is 31.9 Å². The lowest BCUT2D eigenvalue weighted by atomic mass is 9.98. The predicted octanol–water partition coefficient (Wildman–Crippen LogP) is 3.26. The zero-order valence-electron chi connectivity index (χ0n) is 10.8. The molecule has 3 nitrogen and oxygen atoms in total. The van der Waals surface area contributed by atoms with Gasteiger partial charge in [0, 0.05) is 0 Å². The van der Waals surface area contributed by atoms with Gasteiger partial charge < -0.3 is 15.6 Å². The van der Waals surface area contributed by atoms with Crippen molar-refractivity contribution in [2.75, 3.05) is 0 Å². The van der Waals surface area contributed by atoms with Gasteiger partial charge in [-0.2, -0.15) is 8.78 Å². The summed E-state index contributed by atoms with van der Waals surface area (Å²) in [5, 5.41) is 9.86. The van der Waals surface area contributed by atoms with E-state index in [9.17, 15) is 13.9 Å². The van der Waals surface area contributed by atoms with Gasteiger partial charge in [-0.05, 0) is 24.1 Å². The highest BCUT2D eigenvalue weighted by molar-refractivity contribution is 5.85. The van der Waals surface area contributed by atoms with Gasteiger partial charge in [0.25, 0.3) is 0 Å². The van der Waals surface area contributed by atoms with E-state index < -0.39 is 18.8 Å². The van der Waals surface area contributed by atoms with Crippen molar-refractivity contribution in [3.05, 3.63) is 29.8 Å². The van der Waals surface area contributed by atoms with E-state index in [0.717, 1.165) is 12.8 Å². The largest absolute Gasteiger partial charge is 0.435 e. The second-order valence-corrected chi connectivity index (χ2v) is 4.19. The number of unbranched alkanes of at least 4 members (excludes halogenated alkanes) is 1. The first-order valence-corrected chi connectivity index (χ1v) is 6.03. The first-order chi connectivity index (χ1) is 8.54. The van der Waals surface area contributed by atoms with Crippen molar-refractivity contribution in [3.63, 3.8) is 0 Å². The summed E-state index contributed by atoms with van der Waals surface area (Å²) < 4.78 is 28.4. The molecule has 0 saturated heterocycles. The lowest BCUT2D eigenvalue weighted by Crippen LogP contribution is -2.26. The summed E-state index contributed by atoms with van der Waals surface area (Å²) in [7, 11) is 0. The Morgan fingerprint density at radius 2 is 2.05 bits per heavy atom. The minimum Gasteiger partial charge on any atom is -0.435 e. The Morgan fingerprint density at radius 1 is 1.37 bits per heavy atom. The maximum Gasteiger partial charge on any atom is 0.387 e. The summed E-state index contributed by atoms with van der Waals surface area (Å²) in [6.07, 6.45) is 1.77. The molecule has 1 aromatic rings. The summed E-state index contributed by atoms with van der Waals surface area (Å²) in [5.41, 5.74) is 6.48. The van der Waals surface area contributed by atoms with E-state index in [1.54, 1.807) is 12.1 Å².